The van der Waals surface area contributed by atoms with Gasteiger partial charge < -0.3 is 40.3 Å². The van der Waals surface area contributed by atoms with Gasteiger partial charge in [0.2, 0.25) is 17.6 Å². The Bertz CT molecular complexity index is 1940. The van der Waals surface area contributed by atoms with Gasteiger partial charge in [-0.05, 0) is 82.6 Å². The number of aliphatic hydroxyl groups excluding tert-OH is 1. The van der Waals surface area contributed by atoms with Crippen molar-refractivity contribution in [2.45, 2.75) is 166 Å². The van der Waals surface area contributed by atoms with Crippen molar-refractivity contribution in [3.8, 4) is 0 Å². The lowest BCUT2D eigenvalue weighted by Crippen LogP contribution is -2.70. The van der Waals surface area contributed by atoms with Crippen LogP contribution in [0.25, 0.3) is 0 Å². The summed E-state index contributed by atoms with van der Waals surface area (Å²) in [7, 11) is 1.33. The first-order chi connectivity index (χ1) is 31.6. The third kappa shape index (κ3) is 11.7. The number of carbonyl (C=O) groups excluding carboxylic acids is 7. The van der Waals surface area contributed by atoms with Crippen molar-refractivity contribution in [3.63, 3.8) is 0 Å². The molecule has 4 aliphatic rings. The molecule has 0 spiro atoms. The molecule has 12 unspecified atom stereocenters. The number of hydroxylamine groups is 2. The second-order valence-corrected chi connectivity index (χ2v) is 19.1. The molecule has 4 aliphatic heterocycles. The summed E-state index contributed by atoms with van der Waals surface area (Å²) in [6, 6.07) is -0.638. The van der Waals surface area contributed by atoms with E-state index in [4.69, 9.17) is 9.47 Å². The Kier molecular flexibility index (Phi) is 17.9. The third-order valence-electron chi connectivity index (χ3n) is 14.0. The average molecular weight is 945 g/mol. The summed E-state index contributed by atoms with van der Waals surface area (Å²) in [6.07, 6.45) is 0.495. The second-order valence-electron chi connectivity index (χ2n) is 19.1. The van der Waals surface area contributed by atoms with Crippen LogP contribution < -0.4 is 21.5 Å². The summed E-state index contributed by atoms with van der Waals surface area (Å²) < 4.78 is 11.9. The summed E-state index contributed by atoms with van der Waals surface area (Å²) >= 11 is 0. The molecule has 4 saturated heterocycles. The molecular formula is C46H72N8O13. The van der Waals surface area contributed by atoms with Gasteiger partial charge in [-0.1, -0.05) is 64.4 Å². The lowest BCUT2D eigenvalue weighted by atomic mass is 9.79. The van der Waals surface area contributed by atoms with Gasteiger partial charge in [-0.25, -0.2) is 20.7 Å². The summed E-state index contributed by atoms with van der Waals surface area (Å²) in [4.78, 5) is 102. The van der Waals surface area contributed by atoms with Crippen LogP contribution in [0, 0.1) is 17.8 Å². The van der Waals surface area contributed by atoms with E-state index in [0.29, 0.717) is 30.7 Å². The van der Waals surface area contributed by atoms with Crippen LogP contribution in [0.3, 0.4) is 0 Å². The molecule has 0 aromatic heterocycles. The van der Waals surface area contributed by atoms with E-state index >= 15 is 4.79 Å². The molecule has 374 valence electrons. The highest BCUT2D eigenvalue weighted by molar-refractivity contribution is 5.97. The standard InChI is InChI=1S/C46H72N8O13/c1-9-27(4)23-31-19-20-46(64,67-29(31)6)45(7,63)44(62)50-36-37(26(2)3)66-43(61)32(25-55)49-38(56)33-17-13-21-47-52(33)40(58)35(24-30-15-11-10-12-16-30)51(8)39(57)28(5)54(65)41(59)34-18-14-22-48-53(34)42(36)60/h10-12,15-16,26-29,31-37,47-48,55,63-65H,9,13-14,17-25H2,1-8H3,(H,49,56)(H,50,62). The minimum Gasteiger partial charge on any atom is -0.458 e. The lowest BCUT2D eigenvalue weighted by Gasteiger charge is -2.47. The summed E-state index contributed by atoms with van der Waals surface area (Å²) in [5, 5.41) is 52.9. The molecule has 8 N–H and O–H groups in total. The smallest absolute Gasteiger partial charge is 0.331 e. The van der Waals surface area contributed by atoms with E-state index in [1.54, 1.807) is 51.1 Å². The van der Waals surface area contributed by atoms with Crippen molar-refractivity contribution in [3.05, 3.63) is 35.9 Å². The number of fused-ring (bicyclic) bond motifs is 2. The lowest BCUT2D eigenvalue weighted by molar-refractivity contribution is -0.326. The van der Waals surface area contributed by atoms with E-state index in [-0.39, 0.29) is 49.8 Å². The normalized spacial score (nSPS) is 32.5. The maximum absolute atomic E-state index is 15.0. The second kappa shape index (κ2) is 22.6. The zero-order chi connectivity index (χ0) is 49.5. The Labute approximate surface area is 392 Å². The molecule has 4 heterocycles. The monoisotopic (exact) mass is 945 g/mol. The quantitative estimate of drug-likeness (QED) is 0.112. The fourth-order valence-electron chi connectivity index (χ4n) is 9.27. The van der Waals surface area contributed by atoms with Gasteiger partial charge in [0.15, 0.2) is 11.6 Å². The van der Waals surface area contributed by atoms with Gasteiger partial charge in [0.25, 0.3) is 23.6 Å². The number of likely N-dealkylation sites (N-methyl/N-ethyl adjacent to an activating group) is 1. The SMILES string of the molecule is CCC(C)CC1CCC(O)(C(C)(O)C(=O)NC2C(=O)N3NCCCC3C(=O)N(O)C(C)C(=O)N(C)C(Cc3ccccc3)C(=O)N3NCCCC3C(=O)NC(CO)C(=O)OC2C(C)C)OC1C. The maximum Gasteiger partial charge on any atom is 0.331 e. The van der Waals surface area contributed by atoms with Gasteiger partial charge in [-0.3, -0.25) is 44.0 Å². The predicted molar refractivity (Wildman–Crippen MR) is 239 cm³/mol. The number of amides is 6. The van der Waals surface area contributed by atoms with Crippen LogP contribution in [0.1, 0.15) is 105 Å². The van der Waals surface area contributed by atoms with Crippen molar-refractivity contribution in [1.82, 2.24) is 41.5 Å². The first kappa shape index (κ1) is 53.2. The van der Waals surface area contributed by atoms with Gasteiger partial charge in [-0.2, -0.15) is 0 Å². The van der Waals surface area contributed by atoms with Crippen LogP contribution in [-0.4, -0.2) is 169 Å². The minimum absolute atomic E-state index is 0.0179. The summed E-state index contributed by atoms with van der Waals surface area (Å²) in [5.41, 5.74) is 3.71. The number of benzene rings is 1. The number of nitrogens with zero attached hydrogens (tertiary/aromatic N) is 4. The van der Waals surface area contributed by atoms with Crippen LogP contribution in [0.5, 0.6) is 0 Å². The van der Waals surface area contributed by atoms with E-state index < -0.39 is 114 Å². The first-order valence-electron chi connectivity index (χ1n) is 23.6. The molecule has 67 heavy (non-hydrogen) atoms. The zero-order valence-electron chi connectivity index (χ0n) is 40.0. The Morgan fingerprint density at radius 3 is 2.12 bits per heavy atom. The van der Waals surface area contributed by atoms with Gasteiger partial charge in [0.1, 0.15) is 36.3 Å². The number of ether oxygens (including phenoxy) is 2. The largest absolute Gasteiger partial charge is 0.458 e. The number of hydrogen-bond donors (Lipinski definition) is 8. The number of aliphatic hydroxyl groups is 3. The molecular weight excluding hydrogens is 873 g/mol. The molecule has 0 bridgehead atoms. The van der Waals surface area contributed by atoms with Crippen molar-refractivity contribution in [2.75, 3.05) is 26.7 Å². The molecule has 21 heteroatoms. The highest BCUT2D eigenvalue weighted by Crippen LogP contribution is 2.41. The highest BCUT2D eigenvalue weighted by Gasteiger charge is 2.57. The summed E-state index contributed by atoms with van der Waals surface area (Å²) in [5.74, 6) is -10.0. The van der Waals surface area contributed by atoms with E-state index in [0.717, 1.165) is 34.7 Å². The molecule has 4 fully saturated rings. The summed E-state index contributed by atoms with van der Waals surface area (Å²) in [6.45, 7) is 10.7. The molecule has 0 saturated carbocycles. The van der Waals surface area contributed by atoms with E-state index in [9.17, 15) is 49.3 Å². The first-order valence-corrected chi connectivity index (χ1v) is 23.6. The molecule has 0 radical (unpaired) electrons. The van der Waals surface area contributed by atoms with Crippen molar-refractivity contribution >= 4 is 41.4 Å². The number of nitrogens with one attached hydrogen (secondary N) is 4. The van der Waals surface area contributed by atoms with Crippen molar-refractivity contribution < 1.29 is 63.6 Å². The van der Waals surface area contributed by atoms with Gasteiger partial charge in [0, 0.05) is 33.0 Å². The number of cyclic esters (lactones) is 1. The van der Waals surface area contributed by atoms with Crippen LogP contribution >= 0.6 is 0 Å². The Hall–Kier alpha value is -4.77. The Morgan fingerprint density at radius 1 is 0.925 bits per heavy atom. The molecule has 12 atom stereocenters. The van der Waals surface area contributed by atoms with Crippen LogP contribution in [0.2, 0.25) is 0 Å². The molecule has 0 aliphatic carbocycles. The maximum atomic E-state index is 15.0. The van der Waals surface area contributed by atoms with Crippen molar-refractivity contribution in [1.29, 1.82) is 0 Å². The predicted octanol–water partition coefficient (Wildman–Crippen LogP) is -0.112. The molecule has 1 aromatic carbocycles. The van der Waals surface area contributed by atoms with Crippen LogP contribution in [0.4, 0.5) is 0 Å². The van der Waals surface area contributed by atoms with Crippen LogP contribution in [-0.2, 0) is 49.5 Å². The zero-order valence-corrected chi connectivity index (χ0v) is 40.0. The molecule has 5 rings (SSSR count). The van der Waals surface area contributed by atoms with E-state index in [1.165, 1.54) is 14.0 Å². The van der Waals surface area contributed by atoms with Gasteiger partial charge in [0.05, 0.1) is 12.7 Å². The minimum atomic E-state index is -2.72. The number of hydrogen-bond acceptors (Lipinski definition) is 15. The molecule has 21 nitrogen and oxygen atoms in total. The number of rotatable bonds is 10. The number of hydrazine groups is 2. The topological polar surface area (TPSA) is 280 Å². The molecule has 6 amide bonds. The van der Waals surface area contributed by atoms with Gasteiger partial charge in [-0.15, -0.1) is 0 Å². The van der Waals surface area contributed by atoms with E-state index in [2.05, 4.69) is 35.3 Å². The number of esters is 1. The third-order valence-corrected chi connectivity index (χ3v) is 14.0. The number of carbonyl (C=O) groups is 7. The van der Waals surface area contributed by atoms with Gasteiger partial charge >= 0.3 is 5.97 Å². The highest BCUT2D eigenvalue weighted by atomic mass is 16.6. The fraction of sp³-hybridized carbons (Fsp3) is 0.717. The Balaban J connectivity index is 1.57. The fourth-order valence-corrected chi connectivity index (χ4v) is 9.27. The molecule has 1 aromatic rings. The van der Waals surface area contributed by atoms with Crippen LogP contribution in [0.15, 0.2) is 30.3 Å². The Morgan fingerprint density at radius 2 is 1.54 bits per heavy atom. The average Bonchev–Trinajstić information content (AvgIpc) is 3.32. The van der Waals surface area contributed by atoms with E-state index in [1.807, 2.05) is 0 Å². The van der Waals surface area contributed by atoms with Crippen molar-refractivity contribution in [2.24, 2.45) is 17.8 Å².